The van der Waals surface area contributed by atoms with Crippen LogP contribution >= 0.6 is 11.6 Å². The van der Waals surface area contributed by atoms with E-state index in [1.807, 2.05) is 42.5 Å². The van der Waals surface area contributed by atoms with Crippen molar-refractivity contribution in [2.75, 3.05) is 16.8 Å². The zero-order valence-corrected chi connectivity index (χ0v) is 14.8. The fourth-order valence-corrected chi connectivity index (χ4v) is 3.25. The molecule has 0 unspecified atom stereocenters. The molecule has 2 heterocycles. The molecule has 0 atom stereocenters. The number of aromatic nitrogens is 2. The number of benzene rings is 2. The number of para-hydroxylation sites is 1. The van der Waals surface area contributed by atoms with Gasteiger partial charge in [0.2, 0.25) is 5.95 Å². The van der Waals surface area contributed by atoms with Gasteiger partial charge < -0.3 is 10.2 Å². The van der Waals surface area contributed by atoms with Gasteiger partial charge >= 0.3 is 0 Å². The Hall–Kier alpha value is -2.92. The summed E-state index contributed by atoms with van der Waals surface area (Å²) in [4.78, 5) is 23.1. The monoisotopic (exact) mass is 364 g/mol. The Kier molecular flexibility index (Phi) is 4.54. The van der Waals surface area contributed by atoms with Crippen molar-refractivity contribution in [1.82, 2.24) is 9.97 Å². The standard InChI is InChI=1S/C20H17ClN4O/c21-17-7-3-1-6-15(17)11-22-20-23-12-16(13-24-20)19(26)25-10-9-14-5-2-4-8-18(14)25/h1-8,12-13H,9-11H2,(H,22,23,24). The van der Waals surface area contributed by atoms with E-state index in [0.717, 1.165) is 17.7 Å². The molecule has 0 spiro atoms. The first kappa shape index (κ1) is 16.5. The quantitative estimate of drug-likeness (QED) is 0.761. The van der Waals surface area contributed by atoms with E-state index in [1.165, 1.54) is 5.56 Å². The van der Waals surface area contributed by atoms with Gasteiger partial charge in [0.25, 0.3) is 5.91 Å². The Bertz CT molecular complexity index is 943. The number of rotatable bonds is 4. The van der Waals surface area contributed by atoms with Crippen LogP contribution in [0.1, 0.15) is 21.5 Å². The largest absolute Gasteiger partial charge is 0.350 e. The van der Waals surface area contributed by atoms with Crippen LogP contribution in [0.25, 0.3) is 0 Å². The summed E-state index contributed by atoms with van der Waals surface area (Å²) in [6.07, 6.45) is 4.00. The third kappa shape index (κ3) is 3.26. The molecule has 0 radical (unpaired) electrons. The van der Waals surface area contributed by atoms with Gasteiger partial charge in [-0.15, -0.1) is 0 Å². The van der Waals surface area contributed by atoms with Crippen LogP contribution in [0.5, 0.6) is 0 Å². The molecular formula is C20H17ClN4O. The Balaban J connectivity index is 1.45. The topological polar surface area (TPSA) is 58.1 Å². The second kappa shape index (κ2) is 7.14. The van der Waals surface area contributed by atoms with Crippen LogP contribution in [0.2, 0.25) is 5.02 Å². The van der Waals surface area contributed by atoms with Crippen molar-refractivity contribution < 1.29 is 4.79 Å². The molecule has 1 aliphatic rings. The number of fused-ring (bicyclic) bond motifs is 1. The number of halogens is 1. The minimum atomic E-state index is -0.0763. The Labute approximate surface area is 156 Å². The summed E-state index contributed by atoms with van der Waals surface area (Å²) in [5.41, 5.74) is 3.61. The first-order chi connectivity index (χ1) is 12.7. The molecule has 6 heteroatoms. The molecule has 1 aromatic heterocycles. The maximum Gasteiger partial charge on any atom is 0.261 e. The van der Waals surface area contributed by atoms with Gasteiger partial charge in [-0.25, -0.2) is 9.97 Å². The summed E-state index contributed by atoms with van der Waals surface area (Å²) < 4.78 is 0. The molecular weight excluding hydrogens is 348 g/mol. The molecule has 2 aromatic carbocycles. The highest BCUT2D eigenvalue weighted by Gasteiger charge is 2.25. The molecule has 0 fully saturated rings. The molecule has 0 bridgehead atoms. The minimum Gasteiger partial charge on any atom is -0.350 e. The summed E-state index contributed by atoms with van der Waals surface area (Å²) in [7, 11) is 0. The summed E-state index contributed by atoms with van der Waals surface area (Å²) in [5.74, 6) is 0.385. The summed E-state index contributed by atoms with van der Waals surface area (Å²) in [6, 6.07) is 15.6. The van der Waals surface area contributed by atoms with E-state index >= 15 is 0 Å². The van der Waals surface area contributed by atoms with Crippen molar-refractivity contribution >= 4 is 29.1 Å². The van der Waals surface area contributed by atoms with E-state index in [9.17, 15) is 4.79 Å². The second-order valence-corrected chi connectivity index (χ2v) is 6.48. The van der Waals surface area contributed by atoms with Crippen molar-refractivity contribution in [2.45, 2.75) is 13.0 Å². The highest BCUT2D eigenvalue weighted by molar-refractivity contribution is 6.31. The lowest BCUT2D eigenvalue weighted by molar-refractivity contribution is 0.0988. The Morgan fingerprint density at radius 3 is 2.62 bits per heavy atom. The van der Waals surface area contributed by atoms with E-state index in [0.29, 0.717) is 29.6 Å². The van der Waals surface area contributed by atoms with Gasteiger partial charge in [0, 0.05) is 36.2 Å². The number of hydrogen-bond donors (Lipinski definition) is 1. The van der Waals surface area contributed by atoms with Gasteiger partial charge in [-0.05, 0) is 29.7 Å². The van der Waals surface area contributed by atoms with Gasteiger partial charge in [0.1, 0.15) is 0 Å². The lowest BCUT2D eigenvalue weighted by Gasteiger charge is -2.17. The van der Waals surface area contributed by atoms with Gasteiger partial charge in [-0.3, -0.25) is 4.79 Å². The number of hydrogen-bond acceptors (Lipinski definition) is 4. The predicted molar refractivity (Wildman–Crippen MR) is 103 cm³/mol. The van der Waals surface area contributed by atoms with E-state index in [2.05, 4.69) is 21.4 Å². The average molecular weight is 365 g/mol. The van der Waals surface area contributed by atoms with E-state index in [-0.39, 0.29) is 5.91 Å². The van der Waals surface area contributed by atoms with Crippen LogP contribution in [-0.4, -0.2) is 22.4 Å². The number of nitrogens with zero attached hydrogens (tertiary/aromatic N) is 3. The van der Waals surface area contributed by atoms with Crippen molar-refractivity contribution in [3.05, 3.63) is 82.6 Å². The average Bonchev–Trinajstić information content (AvgIpc) is 3.11. The summed E-state index contributed by atoms with van der Waals surface area (Å²) in [6.45, 7) is 1.21. The van der Waals surface area contributed by atoms with Crippen LogP contribution in [0.3, 0.4) is 0 Å². The summed E-state index contributed by atoms with van der Waals surface area (Å²) >= 11 is 6.14. The fraction of sp³-hybridized carbons (Fsp3) is 0.150. The van der Waals surface area contributed by atoms with Crippen LogP contribution in [0.4, 0.5) is 11.6 Å². The highest BCUT2D eigenvalue weighted by Crippen LogP contribution is 2.28. The molecule has 3 aromatic rings. The number of nitrogens with one attached hydrogen (secondary N) is 1. The molecule has 1 aliphatic heterocycles. The van der Waals surface area contributed by atoms with Gasteiger partial charge in [-0.2, -0.15) is 0 Å². The van der Waals surface area contributed by atoms with Crippen molar-refractivity contribution in [3.63, 3.8) is 0 Å². The molecule has 1 N–H and O–H groups in total. The van der Waals surface area contributed by atoms with E-state index in [1.54, 1.807) is 17.3 Å². The van der Waals surface area contributed by atoms with E-state index in [4.69, 9.17) is 11.6 Å². The maximum atomic E-state index is 12.8. The van der Waals surface area contributed by atoms with Crippen molar-refractivity contribution in [3.8, 4) is 0 Å². The van der Waals surface area contributed by atoms with Crippen LogP contribution in [0, 0.1) is 0 Å². The molecule has 4 rings (SSSR count). The first-order valence-corrected chi connectivity index (χ1v) is 8.79. The Morgan fingerprint density at radius 1 is 1.08 bits per heavy atom. The van der Waals surface area contributed by atoms with Crippen molar-refractivity contribution in [1.29, 1.82) is 0 Å². The fourth-order valence-electron chi connectivity index (χ4n) is 3.05. The van der Waals surface area contributed by atoms with Gasteiger partial charge in [0.15, 0.2) is 0 Å². The number of anilines is 2. The van der Waals surface area contributed by atoms with E-state index < -0.39 is 0 Å². The predicted octanol–water partition coefficient (Wildman–Crippen LogP) is 3.95. The molecule has 1 amide bonds. The first-order valence-electron chi connectivity index (χ1n) is 8.41. The number of amides is 1. The van der Waals surface area contributed by atoms with Crippen molar-refractivity contribution in [2.24, 2.45) is 0 Å². The Morgan fingerprint density at radius 2 is 1.81 bits per heavy atom. The smallest absolute Gasteiger partial charge is 0.261 e. The van der Waals surface area contributed by atoms with Gasteiger partial charge in [0.05, 0.1) is 5.56 Å². The minimum absolute atomic E-state index is 0.0763. The second-order valence-electron chi connectivity index (χ2n) is 6.08. The number of carbonyl (C=O) groups is 1. The molecule has 5 nitrogen and oxygen atoms in total. The van der Waals surface area contributed by atoms with Crippen LogP contribution in [0.15, 0.2) is 60.9 Å². The summed E-state index contributed by atoms with van der Waals surface area (Å²) in [5, 5.41) is 3.82. The van der Waals surface area contributed by atoms with Gasteiger partial charge in [-0.1, -0.05) is 48.0 Å². The third-order valence-electron chi connectivity index (χ3n) is 4.43. The molecule has 130 valence electrons. The lowest BCUT2D eigenvalue weighted by Crippen LogP contribution is -2.29. The molecule has 0 saturated heterocycles. The SMILES string of the molecule is O=C(c1cnc(NCc2ccccc2Cl)nc1)N1CCc2ccccc21. The molecule has 26 heavy (non-hydrogen) atoms. The normalized spacial score (nSPS) is 12.7. The van der Waals surface area contributed by atoms with Crippen LogP contribution in [-0.2, 0) is 13.0 Å². The molecule has 0 saturated carbocycles. The third-order valence-corrected chi connectivity index (χ3v) is 4.79. The maximum absolute atomic E-state index is 12.8. The number of carbonyl (C=O) groups excluding carboxylic acids is 1. The zero-order chi connectivity index (χ0) is 17.9. The lowest BCUT2D eigenvalue weighted by atomic mass is 10.2. The zero-order valence-electron chi connectivity index (χ0n) is 14.0. The highest BCUT2D eigenvalue weighted by atomic mass is 35.5. The molecule has 0 aliphatic carbocycles. The van der Waals surface area contributed by atoms with Crippen LogP contribution < -0.4 is 10.2 Å².